The summed E-state index contributed by atoms with van der Waals surface area (Å²) in [6.45, 7) is 1.83. The van der Waals surface area contributed by atoms with Crippen molar-refractivity contribution >= 4 is 38.5 Å². The number of cyclic esters (lactones) is 1. The van der Waals surface area contributed by atoms with Gasteiger partial charge in [0, 0.05) is 16.5 Å². The fourth-order valence-electron chi connectivity index (χ4n) is 4.47. The van der Waals surface area contributed by atoms with Gasteiger partial charge in [0.05, 0.1) is 45.9 Å². The van der Waals surface area contributed by atoms with E-state index in [1.165, 1.54) is 10.6 Å². The van der Waals surface area contributed by atoms with E-state index in [0.29, 0.717) is 33.2 Å². The second-order valence-corrected chi connectivity index (χ2v) is 8.67. The van der Waals surface area contributed by atoms with Crippen LogP contribution in [0.2, 0.25) is 0 Å². The predicted octanol–water partition coefficient (Wildman–Crippen LogP) is 2.76. The number of nitro benzene ring substituents is 1. The lowest BCUT2D eigenvalue weighted by Gasteiger charge is -2.31. The first kappa shape index (κ1) is 21.5. The van der Waals surface area contributed by atoms with Crippen LogP contribution in [0.25, 0.3) is 22.3 Å². The number of aliphatic hydroxyl groups is 1. The van der Waals surface area contributed by atoms with Crippen molar-refractivity contribution in [3.05, 3.63) is 61.4 Å². The molecule has 5 rings (SSSR count). The molecule has 0 spiro atoms. The van der Waals surface area contributed by atoms with Crippen molar-refractivity contribution in [3.8, 4) is 17.1 Å². The quantitative estimate of drug-likeness (QED) is 0.185. The van der Waals surface area contributed by atoms with E-state index < -0.39 is 16.5 Å². The van der Waals surface area contributed by atoms with E-state index in [0.717, 1.165) is 0 Å². The lowest BCUT2D eigenvalue weighted by molar-refractivity contribution is -0.384. The summed E-state index contributed by atoms with van der Waals surface area (Å²) in [5.41, 5.74) is -0.144. The van der Waals surface area contributed by atoms with Gasteiger partial charge in [-0.2, -0.15) is 0 Å². The van der Waals surface area contributed by atoms with Crippen LogP contribution in [0.4, 0.5) is 5.69 Å². The number of carbonyl (C=O) groups excluding carboxylic acids is 1. The zero-order valence-electron chi connectivity index (χ0n) is 17.5. The largest absolute Gasteiger partial charge is 0.486 e. The number of aromatic nitrogens is 2. The first-order valence-electron chi connectivity index (χ1n) is 10.3. The Kier molecular flexibility index (Phi) is 4.98. The molecule has 33 heavy (non-hydrogen) atoms. The minimum absolute atomic E-state index is 0.0447. The van der Waals surface area contributed by atoms with E-state index in [1.807, 2.05) is 0 Å². The fraction of sp³-hybridized carbons (Fsp3) is 0.318. The molecule has 1 atom stereocenters. The van der Waals surface area contributed by atoms with Crippen molar-refractivity contribution in [2.24, 2.45) is 0 Å². The molecule has 0 aliphatic carbocycles. The minimum Gasteiger partial charge on any atom is -0.486 e. The Hall–Kier alpha value is -3.31. The van der Waals surface area contributed by atoms with Crippen LogP contribution in [-0.4, -0.2) is 37.5 Å². The summed E-state index contributed by atoms with van der Waals surface area (Å²) in [7, 11) is 0. The van der Waals surface area contributed by atoms with Crippen LogP contribution in [0.15, 0.2) is 29.1 Å². The highest BCUT2D eigenvalue weighted by molar-refractivity contribution is 9.09. The molecular formula is C22H18BrN3O7. The summed E-state index contributed by atoms with van der Waals surface area (Å²) in [6.07, 6.45) is 0.0447. The lowest BCUT2D eigenvalue weighted by Crippen LogP contribution is -2.44. The van der Waals surface area contributed by atoms with E-state index in [9.17, 15) is 24.8 Å². The van der Waals surface area contributed by atoms with Crippen molar-refractivity contribution in [2.75, 3.05) is 11.9 Å². The number of nitrogens with zero attached hydrogens (tertiary/aromatic N) is 3. The molecule has 0 saturated carbocycles. The fourth-order valence-corrected chi connectivity index (χ4v) is 4.63. The van der Waals surface area contributed by atoms with Crippen molar-refractivity contribution < 1.29 is 24.3 Å². The van der Waals surface area contributed by atoms with Gasteiger partial charge >= 0.3 is 11.7 Å². The second kappa shape index (κ2) is 7.63. The van der Waals surface area contributed by atoms with Crippen molar-refractivity contribution in [2.45, 2.75) is 32.1 Å². The van der Waals surface area contributed by atoms with Gasteiger partial charge in [-0.25, -0.2) is 9.78 Å². The monoisotopic (exact) mass is 515 g/mol. The van der Waals surface area contributed by atoms with Crippen LogP contribution in [0, 0.1) is 10.1 Å². The number of fused-ring (bicyclic) bond motifs is 5. The maximum Gasteiger partial charge on any atom is 0.343 e. The number of halogens is 1. The van der Waals surface area contributed by atoms with E-state index in [1.54, 1.807) is 25.1 Å². The summed E-state index contributed by atoms with van der Waals surface area (Å²) in [5, 5.41) is 23.6. The molecule has 0 fully saturated rings. The molecule has 0 unspecified atom stereocenters. The number of hydrogen-bond acceptors (Lipinski definition) is 8. The maximum absolute atomic E-state index is 13.2. The van der Waals surface area contributed by atoms with E-state index in [4.69, 9.17) is 9.47 Å². The number of esters is 1. The van der Waals surface area contributed by atoms with Gasteiger partial charge in [0.15, 0.2) is 11.4 Å². The molecule has 170 valence electrons. The number of hydrogen-bond donors (Lipinski definition) is 1. The minimum atomic E-state index is -1.91. The van der Waals surface area contributed by atoms with Crippen LogP contribution in [0.5, 0.6) is 5.75 Å². The average molecular weight is 516 g/mol. The highest BCUT2D eigenvalue weighted by Crippen LogP contribution is 2.41. The van der Waals surface area contributed by atoms with E-state index in [2.05, 4.69) is 20.9 Å². The van der Waals surface area contributed by atoms with Crippen molar-refractivity contribution in [1.82, 2.24) is 9.55 Å². The van der Waals surface area contributed by atoms with Gasteiger partial charge in [0.1, 0.15) is 6.61 Å². The summed E-state index contributed by atoms with van der Waals surface area (Å²) in [6, 6.07) is 6.39. The Balaban J connectivity index is 1.73. The van der Waals surface area contributed by atoms with Gasteiger partial charge in [-0.3, -0.25) is 14.9 Å². The third-order valence-corrected chi connectivity index (χ3v) is 6.47. The smallest absolute Gasteiger partial charge is 0.343 e. The Bertz CT molecular complexity index is 1420. The average Bonchev–Trinajstić information content (AvgIpc) is 3.16. The molecule has 2 aliphatic heterocycles. The normalized spacial score (nSPS) is 18.5. The van der Waals surface area contributed by atoms with Gasteiger partial charge in [0.25, 0.3) is 5.56 Å². The standard InChI is InChI=1S/C22H18BrN3O7/c1-2-22(29)14-8-16-18-11(9-25(16)20(27)13(14)10-33-21(22)28)7-12-15(24-18)3-4-17(32-6-5-23)19(12)26(30)31/h3-4,7-8,29H,2,5-6,9-10H2,1H3/t22-/m0/s1. The molecule has 4 heterocycles. The Morgan fingerprint density at radius 3 is 2.85 bits per heavy atom. The van der Waals surface area contributed by atoms with Crippen LogP contribution in [-0.2, 0) is 28.3 Å². The maximum atomic E-state index is 13.2. The Morgan fingerprint density at radius 1 is 1.36 bits per heavy atom. The first-order chi connectivity index (χ1) is 15.8. The molecule has 0 saturated heterocycles. The highest BCUT2D eigenvalue weighted by atomic mass is 79.9. The topological polar surface area (TPSA) is 134 Å². The van der Waals surface area contributed by atoms with Crippen LogP contribution in [0.3, 0.4) is 0 Å². The molecule has 10 nitrogen and oxygen atoms in total. The zero-order chi connectivity index (χ0) is 23.5. The summed E-state index contributed by atoms with van der Waals surface area (Å²) >= 11 is 3.24. The first-order valence-corrected chi connectivity index (χ1v) is 11.4. The van der Waals surface area contributed by atoms with Crippen molar-refractivity contribution in [1.29, 1.82) is 0 Å². The number of ether oxygens (including phenoxy) is 2. The highest BCUT2D eigenvalue weighted by Gasteiger charge is 2.45. The Morgan fingerprint density at radius 2 is 2.15 bits per heavy atom. The van der Waals surface area contributed by atoms with Crippen LogP contribution < -0.4 is 10.3 Å². The molecule has 2 aliphatic rings. The van der Waals surface area contributed by atoms with Crippen LogP contribution >= 0.6 is 15.9 Å². The number of pyridine rings is 2. The zero-order valence-corrected chi connectivity index (χ0v) is 19.0. The third-order valence-electron chi connectivity index (χ3n) is 6.14. The molecule has 0 radical (unpaired) electrons. The van der Waals surface area contributed by atoms with Gasteiger partial charge in [-0.05, 0) is 30.7 Å². The molecule has 0 amide bonds. The van der Waals surface area contributed by atoms with Gasteiger partial charge < -0.3 is 19.1 Å². The molecule has 2 aromatic heterocycles. The predicted molar refractivity (Wildman–Crippen MR) is 120 cm³/mol. The number of carbonyl (C=O) groups is 1. The van der Waals surface area contributed by atoms with E-state index >= 15 is 0 Å². The van der Waals surface area contributed by atoms with E-state index in [-0.39, 0.29) is 54.3 Å². The SMILES string of the molecule is CC[C@@]1(O)C(=O)OCc2c1cc1n(c2=O)Cc2cc3c([N+](=O)[O-])c(OCCBr)ccc3nc2-1. The molecule has 0 bridgehead atoms. The molecule has 3 aromatic rings. The summed E-state index contributed by atoms with van der Waals surface area (Å²) in [4.78, 5) is 41.5. The summed E-state index contributed by atoms with van der Waals surface area (Å²) < 4.78 is 12.1. The number of alkyl halides is 1. The number of benzene rings is 1. The van der Waals surface area contributed by atoms with Gasteiger partial charge in [0.2, 0.25) is 0 Å². The van der Waals surface area contributed by atoms with Gasteiger partial charge in [-0.1, -0.05) is 22.9 Å². The number of rotatable bonds is 5. The van der Waals surface area contributed by atoms with Gasteiger partial charge in [-0.15, -0.1) is 0 Å². The molecule has 11 heteroatoms. The Labute approximate surface area is 195 Å². The van der Waals surface area contributed by atoms with Crippen LogP contribution in [0.1, 0.15) is 30.0 Å². The molecular weight excluding hydrogens is 498 g/mol. The summed E-state index contributed by atoms with van der Waals surface area (Å²) in [5.74, 6) is -0.654. The third kappa shape index (κ3) is 3.06. The molecule has 1 aromatic carbocycles. The lowest BCUT2D eigenvalue weighted by atomic mass is 9.86. The van der Waals surface area contributed by atoms with Crippen molar-refractivity contribution in [3.63, 3.8) is 0 Å². The number of nitro groups is 1. The second-order valence-electron chi connectivity index (χ2n) is 7.87. The molecule has 1 N–H and O–H groups in total.